The monoisotopic (exact) mass is 300 g/mol. The van der Waals surface area contributed by atoms with Gasteiger partial charge in [-0.15, -0.1) is 0 Å². The summed E-state index contributed by atoms with van der Waals surface area (Å²) in [7, 11) is 0. The summed E-state index contributed by atoms with van der Waals surface area (Å²) in [6.45, 7) is 0.613. The molecule has 1 saturated heterocycles. The van der Waals surface area contributed by atoms with Gasteiger partial charge in [0.2, 0.25) is 5.91 Å². The number of carbonyl (C=O) groups excluding carboxylic acids is 1. The fraction of sp³-hybridized carbons (Fsp3) is 0.235. The largest absolute Gasteiger partial charge is 0.353 e. The molecule has 108 valence electrons. The first kappa shape index (κ1) is 14.1. The van der Waals surface area contributed by atoms with Crippen molar-refractivity contribution in [1.29, 1.82) is 0 Å². The van der Waals surface area contributed by atoms with Crippen LogP contribution in [0.5, 0.6) is 0 Å². The maximum atomic E-state index is 12.1. The Bertz CT molecular complexity index is 630. The van der Waals surface area contributed by atoms with Crippen molar-refractivity contribution in [2.75, 3.05) is 6.54 Å². The van der Waals surface area contributed by atoms with E-state index in [-0.39, 0.29) is 18.0 Å². The summed E-state index contributed by atoms with van der Waals surface area (Å²) in [5, 5.41) is 7.10. The van der Waals surface area contributed by atoms with Crippen molar-refractivity contribution < 1.29 is 4.79 Å². The molecule has 3 nitrogen and oxygen atoms in total. The summed E-state index contributed by atoms with van der Waals surface area (Å²) in [5.74, 6) is 0.0297. The van der Waals surface area contributed by atoms with Crippen LogP contribution in [-0.2, 0) is 11.2 Å². The van der Waals surface area contributed by atoms with Crippen molar-refractivity contribution in [3.8, 4) is 0 Å². The number of hydrogen-bond acceptors (Lipinski definition) is 2. The molecule has 1 aliphatic heterocycles. The third-order valence-electron chi connectivity index (χ3n) is 3.78. The average molecular weight is 301 g/mol. The Kier molecular flexibility index (Phi) is 4.23. The highest BCUT2D eigenvalue weighted by Crippen LogP contribution is 2.20. The van der Waals surface area contributed by atoms with E-state index in [0.717, 1.165) is 5.56 Å². The summed E-state index contributed by atoms with van der Waals surface area (Å²) >= 11 is 6.19. The predicted molar refractivity (Wildman–Crippen MR) is 84.3 cm³/mol. The SMILES string of the molecule is O=C1NCC(c2ccccc2)NC1Cc1ccccc1Cl. The topological polar surface area (TPSA) is 41.1 Å². The van der Waals surface area contributed by atoms with E-state index in [4.69, 9.17) is 11.6 Å². The van der Waals surface area contributed by atoms with E-state index in [1.807, 2.05) is 42.5 Å². The molecule has 0 spiro atoms. The van der Waals surface area contributed by atoms with Crippen LogP contribution in [0.1, 0.15) is 17.2 Å². The van der Waals surface area contributed by atoms with Crippen molar-refractivity contribution in [1.82, 2.24) is 10.6 Å². The van der Waals surface area contributed by atoms with E-state index in [9.17, 15) is 4.79 Å². The van der Waals surface area contributed by atoms with Crippen LogP contribution >= 0.6 is 11.6 Å². The van der Waals surface area contributed by atoms with E-state index in [2.05, 4.69) is 22.8 Å². The summed E-state index contributed by atoms with van der Waals surface area (Å²) < 4.78 is 0. The van der Waals surface area contributed by atoms with Crippen molar-refractivity contribution in [3.63, 3.8) is 0 Å². The average Bonchev–Trinajstić information content (AvgIpc) is 2.52. The molecule has 4 heteroatoms. The van der Waals surface area contributed by atoms with Crippen LogP contribution in [-0.4, -0.2) is 18.5 Å². The minimum Gasteiger partial charge on any atom is -0.353 e. The molecule has 2 aromatic rings. The lowest BCUT2D eigenvalue weighted by Gasteiger charge is -2.31. The zero-order valence-electron chi connectivity index (χ0n) is 11.6. The van der Waals surface area contributed by atoms with Gasteiger partial charge in [-0.1, -0.05) is 60.1 Å². The zero-order valence-corrected chi connectivity index (χ0v) is 12.3. The summed E-state index contributed by atoms with van der Waals surface area (Å²) in [5.41, 5.74) is 2.17. The van der Waals surface area contributed by atoms with E-state index < -0.39 is 0 Å². The molecule has 21 heavy (non-hydrogen) atoms. The number of rotatable bonds is 3. The number of nitrogens with one attached hydrogen (secondary N) is 2. The highest BCUT2D eigenvalue weighted by molar-refractivity contribution is 6.31. The van der Waals surface area contributed by atoms with Gasteiger partial charge in [-0.25, -0.2) is 0 Å². The smallest absolute Gasteiger partial charge is 0.237 e. The second-order valence-electron chi connectivity index (χ2n) is 5.22. The molecule has 1 amide bonds. The number of piperazine rings is 1. The molecule has 2 atom stereocenters. The number of amides is 1. The Morgan fingerprint density at radius 1 is 1.05 bits per heavy atom. The van der Waals surface area contributed by atoms with Gasteiger partial charge >= 0.3 is 0 Å². The van der Waals surface area contributed by atoms with Crippen LogP contribution < -0.4 is 10.6 Å². The van der Waals surface area contributed by atoms with Crippen molar-refractivity contribution in [2.24, 2.45) is 0 Å². The Hall–Kier alpha value is -1.84. The number of carbonyl (C=O) groups is 1. The highest BCUT2D eigenvalue weighted by atomic mass is 35.5. The van der Waals surface area contributed by atoms with Crippen molar-refractivity contribution >= 4 is 17.5 Å². The lowest BCUT2D eigenvalue weighted by atomic mass is 9.98. The molecule has 1 fully saturated rings. The summed E-state index contributed by atoms with van der Waals surface area (Å²) in [6, 6.07) is 17.7. The molecule has 0 radical (unpaired) electrons. The van der Waals surface area contributed by atoms with Gasteiger partial charge in [-0.3, -0.25) is 10.1 Å². The molecule has 1 aliphatic rings. The highest BCUT2D eigenvalue weighted by Gasteiger charge is 2.28. The Labute approximate surface area is 129 Å². The lowest BCUT2D eigenvalue weighted by Crippen LogP contribution is -2.55. The third kappa shape index (κ3) is 3.26. The van der Waals surface area contributed by atoms with Crippen LogP contribution in [0.15, 0.2) is 54.6 Å². The molecule has 3 rings (SSSR count). The molecule has 0 aliphatic carbocycles. The molecular formula is C17H17ClN2O. The summed E-state index contributed by atoms with van der Waals surface area (Å²) in [6.07, 6.45) is 0.592. The van der Waals surface area contributed by atoms with Gasteiger partial charge in [0, 0.05) is 11.6 Å². The molecule has 2 unspecified atom stereocenters. The molecule has 0 saturated carbocycles. The van der Waals surface area contributed by atoms with Gasteiger partial charge in [0.1, 0.15) is 0 Å². The van der Waals surface area contributed by atoms with Gasteiger partial charge < -0.3 is 5.32 Å². The van der Waals surface area contributed by atoms with Crippen LogP contribution in [0.3, 0.4) is 0 Å². The van der Waals surface area contributed by atoms with Gasteiger partial charge in [0.15, 0.2) is 0 Å². The summed E-state index contributed by atoms with van der Waals surface area (Å²) in [4.78, 5) is 12.1. The first-order valence-corrected chi connectivity index (χ1v) is 7.44. The van der Waals surface area contributed by atoms with Gasteiger partial charge in [0.25, 0.3) is 0 Å². The van der Waals surface area contributed by atoms with E-state index in [1.54, 1.807) is 0 Å². The van der Waals surface area contributed by atoms with Crippen LogP contribution in [0.4, 0.5) is 0 Å². The lowest BCUT2D eigenvalue weighted by molar-refractivity contribution is -0.125. The first-order valence-electron chi connectivity index (χ1n) is 7.06. The molecule has 2 N–H and O–H groups in total. The normalized spacial score (nSPS) is 21.9. The van der Waals surface area contributed by atoms with Crippen molar-refractivity contribution in [2.45, 2.75) is 18.5 Å². The van der Waals surface area contributed by atoms with E-state index in [1.165, 1.54) is 5.56 Å². The number of hydrogen-bond donors (Lipinski definition) is 2. The second kappa shape index (κ2) is 6.29. The first-order chi connectivity index (χ1) is 10.2. The molecule has 2 aromatic carbocycles. The standard InChI is InChI=1S/C17H17ClN2O/c18-14-9-5-4-8-13(14)10-15-17(21)19-11-16(20-15)12-6-2-1-3-7-12/h1-9,15-16,20H,10-11H2,(H,19,21). The molecular weight excluding hydrogens is 284 g/mol. The Morgan fingerprint density at radius 3 is 2.52 bits per heavy atom. The quantitative estimate of drug-likeness (QED) is 0.915. The molecule has 0 bridgehead atoms. The zero-order chi connectivity index (χ0) is 14.7. The van der Waals surface area contributed by atoms with E-state index in [0.29, 0.717) is 18.0 Å². The maximum Gasteiger partial charge on any atom is 0.237 e. The Balaban J connectivity index is 1.75. The van der Waals surface area contributed by atoms with Gasteiger partial charge in [-0.2, -0.15) is 0 Å². The molecule has 1 heterocycles. The predicted octanol–water partition coefficient (Wildman–Crippen LogP) is 2.71. The fourth-order valence-corrected chi connectivity index (χ4v) is 2.85. The molecule has 0 aromatic heterocycles. The van der Waals surface area contributed by atoms with Gasteiger partial charge in [0.05, 0.1) is 12.1 Å². The maximum absolute atomic E-state index is 12.1. The number of benzene rings is 2. The second-order valence-corrected chi connectivity index (χ2v) is 5.63. The number of halogens is 1. The van der Waals surface area contributed by atoms with E-state index >= 15 is 0 Å². The van der Waals surface area contributed by atoms with Crippen molar-refractivity contribution in [3.05, 3.63) is 70.7 Å². The Morgan fingerprint density at radius 2 is 1.76 bits per heavy atom. The minimum atomic E-state index is -0.260. The third-order valence-corrected chi connectivity index (χ3v) is 4.15. The van der Waals surface area contributed by atoms with Crippen LogP contribution in [0.25, 0.3) is 0 Å². The van der Waals surface area contributed by atoms with Crippen LogP contribution in [0.2, 0.25) is 5.02 Å². The van der Waals surface area contributed by atoms with Gasteiger partial charge in [-0.05, 0) is 23.6 Å². The van der Waals surface area contributed by atoms with Crippen LogP contribution in [0, 0.1) is 0 Å². The minimum absolute atomic E-state index is 0.0297. The fourth-order valence-electron chi connectivity index (χ4n) is 2.64.